The largest absolute Gasteiger partial charge is 0.378 e. The number of hydrogen-bond acceptors (Lipinski definition) is 5. The molecule has 170 valence electrons. The molecule has 3 rings (SSSR count). The quantitative estimate of drug-likeness (QED) is 0.223. The third-order valence-electron chi connectivity index (χ3n) is 5.55. The van der Waals surface area contributed by atoms with Crippen LogP contribution in [0.15, 0.2) is 35.3 Å². The number of sulfone groups is 1. The zero-order valence-electron chi connectivity index (χ0n) is 17.8. The molecule has 0 saturated carbocycles. The summed E-state index contributed by atoms with van der Waals surface area (Å²) in [5.41, 5.74) is 1.37. The molecule has 0 aromatic heterocycles. The van der Waals surface area contributed by atoms with Crippen LogP contribution in [0, 0.1) is 0 Å². The number of nitrogens with one attached hydrogen (secondary N) is 2. The van der Waals surface area contributed by atoms with Crippen LogP contribution in [0.5, 0.6) is 0 Å². The molecule has 2 N–H and O–H groups in total. The zero-order valence-corrected chi connectivity index (χ0v) is 20.9. The van der Waals surface area contributed by atoms with E-state index in [-0.39, 0.29) is 41.5 Å². The van der Waals surface area contributed by atoms with Crippen LogP contribution < -0.4 is 10.6 Å². The van der Waals surface area contributed by atoms with Gasteiger partial charge in [0.25, 0.3) is 0 Å². The number of hydrogen-bond donors (Lipinski definition) is 2. The van der Waals surface area contributed by atoms with E-state index < -0.39 is 9.84 Å². The minimum atomic E-state index is -2.88. The molecule has 2 fully saturated rings. The first-order valence-electron chi connectivity index (χ1n) is 10.6. The first-order valence-corrected chi connectivity index (χ1v) is 12.4. The number of guanidine groups is 1. The first kappa shape index (κ1) is 25.4. The number of ether oxygens (including phenoxy) is 1. The first-order chi connectivity index (χ1) is 14.0. The lowest BCUT2D eigenvalue weighted by molar-refractivity contribution is 0.00534. The summed E-state index contributed by atoms with van der Waals surface area (Å²) in [4.78, 5) is 6.68. The van der Waals surface area contributed by atoms with E-state index >= 15 is 0 Å². The van der Waals surface area contributed by atoms with Gasteiger partial charge in [0.05, 0.1) is 17.6 Å². The molecule has 0 aliphatic carbocycles. The summed E-state index contributed by atoms with van der Waals surface area (Å²) < 4.78 is 29.2. The molecule has 9 heteroatoms. The Labute approximate surface area is 198 Å². The Morgan fingerprint density at radius 3 is 2.57 bits per heavy atom. The highest BCUT2D eigenvalue weighted by Crippen LogP contribution is 2.16. The summed E-state index contributed by atoms with van der Waals surface area (Å²) in [6.45, 7) is 4.67. The second-order valence-corrected chi connectivity index (χ2v) is 10.2. The molecule has 0 amide bonds. The molecular formula is C21H35IN4O3S. The van der Waals surface area contributed by atoms with Crippen molar-refractivity contribution < 1.29 is 13.2 Å². The van der Waals surface area contributed by atoms with E-state index in [0.717, 1.165) is 52.0 Å². The number of halogens is 1. The van der Waals surface area contributed by atoms with E-state index in [0.29, 0.717) is 18.5 Å². The van der Waals surface area contributed by atoms with Crippen molar-refractivity contribution in [1.82, 2.24) is 15.5 Å². The minimum absolute atomic E-state index is 0. The van der Waals surface area contributed by atoms with Gasteiger partial charge in [-0.05, 0) is 31.2 Å². The third-order valence-corrected chi connectivity index (χ3v) is 7.32. The van der Waals surface area contributed by atoms with Gasteiger partial charge in [-0.1, -0.05) is 30.3 Å². The summed E-state index contributed by atoms with van der Waals surface area (Å²) in [6, 6.07) is 10.6. The average molecular weight is 551 g/mol. The molecule has 1 aromatic rings. The molecule has 0 bridgehead atoms. The normalized spacial score (nSPS) is 22.4. The van der Waals surface area contributed by atoms with E-state index in [1.54, 1.807) is 7.05 Å². The molecule has 2 aliphatic heterocycles. The maximum absolute atomic E-state index is 11.6. The Morgan fingerprint density at radius 1 is 1.20 bits per heavy atom. The van der Waals surface area contributed by atoms with E-state index in [1.165, 1.54) is 5.56 Å². The van der Waals surface area contributed by atoms with Gasteiger partial charge in [0.15, 0.2) is 15.8 Å². The standard InChI is InChI=1S/C21H34N4O3S.HI/c1-22-21(24-19-10-15-29(26,27)17-19)23-11-5-14-28-20-8-12-25(13-9-20)16-18-6-3-2-4-7-18;/h2-4,6-7,19-20H,5,8-17H2,1H3,(H2,22,23,24);1H. The van der Waals surface area contributed by atoms with Crippen molar-refractivity contribution in [1.29, 1.82) is 0 Å². The van der Waals surface area contributed by atoms with E-state index in [1.807, 2.05) is 0 Å². The number of benzene rings is 1. The van der Waals surface area contributed by atoms with E-state index in [2.05, 4.69) is 50.9 Å². The maximum atomic E-state index is 11.6. The lowest BCUT2D eigenvalue weighted by Gasteiger charge is -2.32. The number of aliphatic imine (C=N–C) groups is 1. The van der Waals surface area contributed by atoms with Gasteiger partial charge >= 0.3 is 0 Å². The third kappa shape index (κ3) is 8.68. The highest BCUT2D eigenvalue weighted by Gasteiger charge is 2.28. The highest BCUT2D eigenvalue weighted by molar-refractivity contribution is 14.0. The van der Waals surface area contributed by atoms with Gasteiger partial charge in [-0.3, -0.25) is 9.89 Å². The predicted molar refractivity (Wildman–Crippen MR) is 132 cm³/mol. The van der Waals surface area contributed by atoms with Gasteiger partial charge in [-0.25, -0.2) is 8.42 Å². The van der Waals surface area contributed by atoms with Gasteiger partial charge in [0.1, 0.15) is 0 Å². The zero-order chi connectivity index (χ0) is 20.5. The van der Waals surface area contributed by atoms with Crippen molar-refractivity contribution in [3.8, 4) is 0 Å². The van der Waals surface area contributed by atoms with Gasteiger partial charge in [0, 0.05) is 45.9 Å². The Bertz CT molecular complexity index is 753. The molecule has 30 heavy (non-hydrogen) atoms. The monoisotopic (exact) mass is 550 g/mol. The van der Waals surface area contributed by atoms with Crippen molar-refractivity contribution in [2.24, 2.45) is 4.99 Å². The Kier molecular flexibility index (Phi) is 10.8. The predicted octanol–water partition coefficient (Wildman–Crippen LogP) is 2.03. The van der Waals surface area contributed by atoms with Crippen LogP contribution in [-0.4, -0.2) is 76.2 Å². The topological polar surface area (TPSA) is 83.0 Å². The van der Waals surface area contributed by atoms with E-state index in [9.17, 15) is 8.42 Å². The fraction of sp³-hybridized carbons (Fsp3) is 0.667. The summed E-state index contributed by atoms with van der Waals surface area (Å²) in [5, 5.41) is 6.45. The van der Waals surface area contributed by atoms with Crippen LogP contribution in [0.1, 0.15) is 31.2 Å². The second-order valence-electron chi connectivity index (χ2n) is 7.93. The van der Waals surface area contributed by atoms with Crippen LogP contribution in [0.3, 0.4) is 0 Å². The Morgan fingerprint density at radius 2 is 1.93 bits per heavy atom. The van der Waals surface area contributed by atoms with Gasteiger partial charge in [-0.2, -0.15) is 0 Å². The number of likely N-dealkylation sites (tertiary alicyclic amines) is 1. The number of rotatable bonds is 8. The van der Waals surface area contributed by atoms with Crippen molar-refractivity contribution in [2.75, 3.05) is 44.8 Å². The molecule has 0 radical (unpaired) electrons. The molecule has 2 heterocycles. The fourth-order valence-corrected chi connectivity index (χ4v) is 5.57. The molecule has 7 nitrogen and oxygen atoms in total. The molecule has 2 saturated heterocycles. The van der Waals surface area contributed by atoms with Gasteiger partial charge < -0.3 is 15.4 Å². The molecular weight excluding hydrogens is 515 g/mol. The van der Waals surface area contributed by atoms with Gasteiger partial charge in [0.2, 0.25) is 0 Å². The molecule has 0 spiro atoms. The summed E-state index contributed by atoms with van der Waals surface area (Å²) in [5.74, 6) is 1.13. The number of piperidine rings is 1. The van der Waals surface area contributed by atoms with Crippen molar-refractivity contribution in [3.05, 3.63) is 35.9 Å². The smallest absolute Gasteiger partial charge is 0.191 e. The molecule has 1 unspecified atom stereocenters. The maximum Gasteiger partial charge on any atom is 0.191 e. The van der Waals surface area contributed by atoms with Crippen LogP contribution in [0.2, 0.25) is 0 Å². The fourth-order valence-electron chi connectivity index (χ4n) is 3.90. The van der Waals surface area contributed by atoms with Crippen molar-refractivity contribution in [3.63, 3.8) is 0 Å². The minimum Gasteiger partial charge on any atom is -0.378 e. The van der Waals surface area contributed by atoms with Crippen LogP contribution in [-0.2, 0) is 21.1 Å². The summed E-state index contributed by atoms with van der Waals surface area (Å²) in [6.07, 6.45) is 4.06. The van der Waals surface area contributed by atoms with Crippen molar-refractivity contribution in [2.45, 2.75) is 44.4 Å². The molecule has 1 atom stereocenters. The summed E-state index contributed by atoms with van der Waals surface area (Å²) >= 11 is 0. The summed E-state index contributed by atoms with van der Waals surface area (Å²) in [7, 11) is -1.17. The lowest BCUT2D eigenvalue weighted by atomic mass is 10.1. The average Bonchev–Trinajstić information content (AvgIpc) is 3.07. The van der Waals surface area contributed by atoms with Crippen LogP contribution in [0.4, 0.5) is 0 Å². The van der Waals surface area contributed by atoms with Crippen LogP contribution >= 0.6 is 24.0 Å². The SMILES string of the molecule is CN=C(NCCCOC1CCN(Cc2ccccc2)CC1)NC1CCS(=O)(=O)C1.I. The van der Waals surface area contributed by atoms with Gasteiger partial charge in [-0.15, -0.1) is 24.0 Å². The second kappa shape index (κ2) is 12.8. The Balaban J connectivity index is 0.00000320. The highest BCUT2D eigenvalue weighted by atomic mass is 127. The van der Waals surface area contributed by atoms with Crippen molar-refractivity contribution >= 4 is 39.8 Å². The van der Waals surface area contributed by atoms with Crippen LogP contribution in [0.25, 0.3) is 0 Å². The lowest BCUT2D eigenvalue weighted by Crippen LogP contribution is -2.44. The molecule has 2 aliphatic rings. The van der Waals surface area contributed by atoms with E-state index in [4.69, 9.17) is 4.74 Å². The Hall–Kier alpha value is -0.910. The number of nitrogens with zero attached hydrogens (tertiary/aromatic N) is 2. The molecule has 1 aromatic carbocycles.